The second-order valence-electron chi connectivity index (χ2n) is 4.06. The molecule has 5 nitrogen and oxygen atoms in total. The van der Waals surface area contributed by atoms with Crippen LogP contribution in [0.25, 0.3) is 5.78 Å². The summed E-state index contributed by atoms with van der Waals surface area (Å²) >= 11 is 0. The number of fused-ring (bicyclic) bond motifs is 1. The molecule has 0 aliphatic rings. The molecule has 0 aromatic carbocycles. The highest BCUT2D eigenvalue weighted by atomic mass is 35.5. The van der Waals surface area contributed by atoms with Crippen LogP contribution in [0.3, 0.4) is 0 Å². The van der Waals surface area contributed by atoms with E-state index in [-0.39, 0.29) is 23.3 Å². The summed E-state index contributed by atoms with van der Waals surface area (Å²) in [4.78, 5) is 8.48. The van der Waals surface area contributed by atoms with Gasteiger partial charge in [0.1, 0.15) is 0 Å². The van der Waals surface area contributed by atoms with Crippen molar-refractivity contribution in [1.82, 2.24) is 19.6 Å². The molecule has 0 aliphatic heterocycles. The van der Waals surface area contributed by atoms with E-state index in [1.54, 1.807) is 23.1 Å². The zero-order valence-electron chi connectivity index (χ0n) is 8.93. The third-order valence-electron chi connectivity index (χ3n) is 1.90. The smallest absolute Gasteiger partial charge is 0.250 e. The molecule has 0 saturated carbocycles. The van der Waals surface area contributed by atoms with Gasteiger partial charge in [0, 0.05) is 11.6 Å². The lowest BCUT2D eigenvalue weighted by Gasteiger charge is -2.16. The summed E-state index contributed by atoms with van der Waals surface area (Å²) in [5, 5.41) is 4.20. The summed E-state index contributed by atoms with van der Waals surface area (Å²) in [5.41, 5.74) is 0.993. The molecule has 84 valence electrons. The Kier molecular flexibility index (Phi) is 4.18. The monoisotopic (exact) mass is 230 g/mol. The van der Waals surface area contributed by atoms with Gasteiger partial charge < -0.3 is 5.48 Å². The van der Waals surface area contributed by atoms with E-state index in [1.165, 1.54) is 0 Å². The highest BCUT2D eigenvalue weighted by molar-refractivity contribution is 5.85. The first-order valence-corrected chi connectivity index (χ1v) is 4.24. The summed E-state index contributed by atoms with van der Waals surface area (Å²) in [6.45, 7) is 6.32. The fourth-order valence-electron chi connectivity index (χ4n) is 1.07. The van der Waals surface area contributed by atoms with Gasteiger partial charge in [-0.3, -0.25) is 0 Å². The maximum Gasteiger partial charge on any atom is 0.250 e. The number of rotatable bonds is 0. The normalized spacial score (nSPS) is 10.6. The average molecular weight is 231 g/mol. The summed E-state index contributed by atoms with van der Waals surface area (Å²) < 4.78 is 1.66. The molecule has 0 bridgehead atoms. The van der Waals surface area contributed by atoms with Crippen LogP contribution in [-0.2, 0) is 5.41 Å². The second kappa shape index (κ2) is 4.55. The van der Waals surface area contributed by atoms with E-state index in [9.17, 15) is 0 Å². The van der Waals surface area contributed by atoms with Crippen molar-refractivity contribution in [2.24, 2.45) is 0 Å². The molecule has 0 unspecified atom stereocenters. The Labute approximate surface area is 94.3 Å². The van der Waals surface area contributed by atoms with Crippen molar-refractivity contribution in [3.05, 3.63) is 24.3 Å². The van der Waals surface area contributed by atoms with Crippen molar-refractivity contribution >= 4 is 18.2 Å². The zero-order chi connectivity index (χ0) is 9.47. The first-order chi connectivity index (χ1) is 6.07. The van der Waals surface area contributed by atoms with E-state index < -0.39 is 0 Å². The lowest BCUT2D eigenvalue weighted by molar-refractivity contribution is 0.561. The van der Waals surface area contributed by atoms with Crippen LogP contribution in [0.1, 0.15) is 26.5 Å². The van der Waals surface area contributed by atoms with Crippen LogP contribution in [0.4, 0.5) is 0 Å². The van der Waals surface area contributed by atoms with Gasteiger partial charge in [-0.15, -0.1) is 12.4 Å². The topological polar surface area (TPSA) is 74.6 Å². The molecule has 2 aromatic rings. The average Bonchev–Trinajstić information content (AvgIpc) is 2.47. The van der Waals surface area contributed by atoms with Gasteiger partial charge in [0.2, 0.25) is 0 Å². The molecule has 0 radical (unpaired) electrons. The summed E-state index contributed by atoms with van der Waals surface area (Å²) in [7, 11) is 0. The van der Waals surface area contributed by atoms with E-state index in [2.05, 4.69) is 35.8 Å². The summed E-state index contributed by atoms with van der Waals surface area (Å²) in [5.74, 6) is 0.660. The Bertz CT molecular complexity index is 435. The van der Waals surface area contributed by atoms with Gasteiger partial charge in [0.25, 0.3) is 5.78 Å². The van der Waals surface area contributed by atoms with Gasteiger partial charge in [0.15, 0.2) is 0 Å². The molecular formula is C9H15ClN4O. The predicted molar refractivity (Wildman–Crippen MR) is 60.3 cm³/mol. The Morgan fingerprint density at radius 2 is 1.93 bits per heavy atom. The van der Waals surface area contributed by atoms with Gasteiger partial charge in [-0.05, 0) is 0 Å². The predicted octanol–water partition coefficient (Wildman–Crippen LogP) is 1.02. The van der Waals surface area contributed by atoms with Gasteiger partial charge in [0.05, 0.1) is 18.1 Å². The molecule has 0 amide bonds. The fourth-order valence-corrected chi connectivity index (χ4v) is 1.07. The lowest BCUT2D eigenvalue weighted by Crippen LogP contribution is -2.15. The highest BCUT2D eigenvalue weighted by Gasteiger charge is 2.16. The Hall–Kier alpha value is -1.20. The molecule has 0 saturated heterocycles. The molecule has 0 spiro atoms. The molecule has 2 aromatic heterocycles. The van der Waals surface area contributed by atoms with E-state index >= 15 is 0 Å². The van der Waals surface area contributed by atoms with Crippen molar-refractivity contribution in [3.8, 4) is 0 Å². The molecule has 2 heterocycles. The first-order valence-electron chi connectivity index (χ1n) is 4.24. The quantitative estimate of drug-likeness (QED) is 0.678. The molecule has 0 atom stereocenters. The Morgan fingerprint density at radius 3 is 2.53 bits per heavy atom. The van der Waals surface area contributed by atoms with Crippen LogP contribution >= 0.6 is 12.4 Å². The Balaban J connectivity index is 0.000000980. The lowest BCUT2D eigenvalue weighted by atomic mass is 9.93. The van der Waals surface area contributed by atoms with E-state index in [0.29, 0.717) is 5.78 Å². The maximum atomic E-state index is 4.40. The minimum Gasteiger partial charge on any atom is -0.412 e. The number of halogens is 1. The Morgan fingerprint density at radius 1 is 1.27 bits per heavy atom. The minimum absolute atomic E-state index is 0. The maximum absolute atomic E-state index is 4.40. The van der Waals surface area contributed by atoms with Crippen LogP contribution < -0.4 is 0 Å². The van der Waals surface area contributed by atoms with E-state index in [4.69, 9.17) is 0 Å². The number of imidazole rings is 1. The van der Waals surface area contributed by atoms with Crippen LogP contribution in [0.2, 0.25) is 0 Å². The summed E-state index contributed by atoms with van der Waals surface area (Å²) in [6, 6.07) is 0. The third-order valence-corrected chi connectivity index (χ3v) is 1.90. The standard InChI is InChI=1S/C9H12N4.ClH.H2O/c1-9(2,3)7-6-11-13-5-4-10-8(13)12-7;;/h4-6H,1-3H3;1H;1H2. The number of hydrogen-bond donors (Lipinski definition) is 0. The second-order valence-corrected chi connectivity index (χ2v) is 4.06. The number of aromatic nitrogens is 4. The van der Waals surface area contributed by atoms with Gasteiger partial charge in [-0.2, -0.15) is 5.10 Å². The van der Waals surface area contributed by atoms with Crippen molar-refractivity contribution in [3.63, 3.8) is 0 Å². The van der Waals surface area contributed by atoms with Gasteiger partial charge in [-0.1, -0.05) is 20.8 Å². The van der Waals surface area contributed by atoms with Crippen LogP contribution in [0.5, 0.6) is 0 Å². The van der Waals surface area contributed by atoms with Crippen molar-refractivity contribution in [2.45, 2.75) is 26.2 Å². The van der Waals surface area contributed by atoms with E-state index in [1.807, 2.05) is 0 Å². The largest absolute Gasteiger partial charge is 0.412 e. The van der Waals surface area contributed by atoms with Gasteiger partial charge >= 0.3 is 0 Å². The summed E-state index contributed by atoms with van der Waals surface area (Å²) in [6.07, 6.45) is 5.27. The minimum atomic E-state index is 0. The first kappa shape index (κ1) is 13.8. The molecule has 0 aliphatic carbocycles. The van der Waals surface area contributed by atoms with Crippen molar-refractivity contribution in [2.75, 3.05) is 0 Å². The fraction of sp³-hybridized carbons (Fsp3) is 0.444. The zero-order valence-corrected chi connectivity index (χ0v) is 9.75. The number of hydrogen-bond acceptors (Lipinski definition) is 3. The SMILES string of the molecule is CC(C)(C)c1cnn2ccnc2n1.Cl.O. The third kappa shape index (κ3) is 2.64. The van der Waals surface area contributed by atoms with E-state index in [0.717, 1.165) is 5.69 Å². The van der Waals surface area contributed by atoms with Crippen LogP contribution in [-0.4, -0.2) is 25.1 Å². The molecule has 2 rings (SSSR count). The van der Waals surface area contributed by atoms with Crippen LogP contribution in [0.15, 0.2) is 18.6 Å². The molecule has 6 heteroatoms. The number of nitrogens with zero attached hydrogens (tertiary/aromatic N) is 4. The highest BCUT2D eigenvalue weighted by Crippen LogP contribution is 2.18. The van der Waals surface area contributed by atoms with Gasteiger partial charge in [-0.25, -0.2) is 14.5 Å². The molecule has 2 N–H and O–H groups in total. The molecule has 0 fully saturated rings. The van der Waals surface area contributed by atoms with Crippen molar-refractivity contribution in [1.29, 1.82) is 0 Å². The van der Waals surface area contributed by atoms with Crippen LogP contribution in [0, 0.1) is 0 Å². The molecular weight excluding hydrogens is 216 g/mol. The van der Waals surface area contributed by atoms with Crippen molar-refractivity contribution < 1.29 is 5.48 Å². The molecule has 15 heavy (non-hydrogen) atoms.